The van der Waals surface area contributed by atoms with Gasteiger partial charge in [-0.1, -0.05) is 5.21 Å². The first-order valence-electron chi connectivity index (χ1n) is 6.08. The van der Waals surface area contributed by atoms with E-state index in [1.807, 2.05) is 13.0 Å². The van der Waals surface area contributed by atoms with Crippen LogP contribution in [0.4, 0.5) is 0 Å². The van der Waals surface area contributed by atoms with Gasteiger partial charge in [-0.15, -0.1) is 5.10 Å². The van der Waals surface area contributed by atoms with E-state index < -0.39 is 0 Å². The van der Waals surface area contributed by atoms with Gasteiger partial charge in [-0.05, 0) is 44.0 Å². The monoisotopic (exact) mass is 247 g/mol. The van der Waals surface area contributed by atoms with Crippen molar-refractivity contribution >= 4 is 17.0 Å². The number of esters is 1. The number of nitrogens with zero attached hydrogens (tertiary/aromatic N) is 3. The molecule has 0 bridgehead atoms. The Labute approximate surface area is 106 Å². The summed E-state index contributed by atoms with van der Waals surface area (Å²) in [6.07, 6.45) is 0.319. The molecule has 0 saturated carbocycles. The molecule has 0 radical (unpaired) electrons. The lowest BCUT2D eigenvalue weighted by Crippen LogP contribution is -2.10. The second kappa shape index (κ2) is 5.16. The van der Waals surface area contributed by atoms with Crippen molar-refractivity contribution in [2.24, 2.45) is 0 Å². The maximum absolute atomic E-state index is 11.3. The van der Waals surface area contributed by atoms with Crippen LogP contribution in [-0.2, 0) is 16.1 Å². The summed E-state index contributed by atoms with van der Waals surface area (Å²) in [6, 6.07) is 4.06. The fourth-order valence-electron chi connectivity index (χ4n) is 1.82. The van der Waals surface area contributed by atoms with Crippen molar-refractivity contribution in [3.63, 3.8) is 0 Å². The predicted molar refractivity (Wildman–Crippen MR) is 68.3 cm³/mol. The van der Waals surface area contributed by atoms with E-state index in [9.17, 15) is 4.79 Å². The lowest BCUT2D eigenvalue weighted by Gasteiger charge is -2.04. The van der Waals surface area contributed by atoms with Crippen molar-refractivity contribution < 1.29 is 9.53 Å². The minimum absolute atomic E-state index is 0.204. The molecule has 96 valence electrons. The number of carbonyl (C=O) groups is 1. The van der Waals surface area contributed by atoms with Gasteiger partial charge >= 0.3 is 5.97 Å². The minimum Gasteiger partial charge on any atom is -0.466 e. The largest absolute Gasteiger partial charge is 0.466 e. The maximum Gasteiger partial charge on any atom is 0.307 e. The van der Waals surface area contributed by atoms with Gasteiger partial charge in [0.2, 0.25) is 0 Å². The zero-order valence-electron chi connectivity index (χ0n) is 10.9. The second-order valence-electron chi connectivity index (χ2n) is 4.29. The Bertz CT molecular complexity index is 575. The Balaban J connectivity index is 2.19. The third-order valence-corrected chi connectivity index (χ3v) is 2.96. The average Bonchev–Trinajstić information content (AvgIpc) is 2.70. The molecule has 0 amide bonds. The van der Waals surface area contributed by atoms with Gasteiger partial charge < -0.3 is 4.74 Å². The van der Waals surface area contributed by atoms with Crippen LogP contribution >= 0.6 is 0 Å². The van der Waals surface area contributed by atoms with E-state index in [1.165, 1.54) is 11.1 Å². The number of aromatic nitrogens is 3. The summed E-state index contributed by atoms with van der Waals surface area (Å²) < 4.78 is 6.64. The fourth-order valence-corrected chi connectivity index (χ4v) is 1.82. The van der Waals surface area contributed by atoms with Gasteiger partial charge in [-0.2, -0.15) is 0 Å². The molecule has 0 fully saturated rings. The Morgan fingerprint density at radius 2 is 2.06 bits per heavy atom. The van der Waals surface area contributed by atoms with E-state index in [-0.39, 0.29) is 5.97 Å². The Hall–Kier alpha value is -1.91. The number of fused-ring (bicyclic) bond motifs is 1. The van der Waals surface area contributed by atoms with Crippen LogP contribution in [0.25, 0.3) is 11.0 Å². The van der Waals surface area contributed by atoms with Gasteiger partial charge in [-0.25, -0.2) is 4.68 Å². The lowest BCUT2D eigenvalue weighted by molar-refractivity contribution is -0.143. The SMILES string of the molecule is CCOC(=O)CCn1nnc2cc(C)c(C)cc21. The molecule has 18 heavy (non-hydrogen) atoms. The summed E-state index contributed by atoms with van der Waals surface area (Å²) >= 11 is 0. The zero-order valence-corrected chi connectivity index (χ0v) is 10.9. The normalized spacial score (nSPS) is 10.8. The molecule has 0 spiro atoms. The summed E-state index contributed by atoms with van der Waals surface area (Å²) in [6.45, 7) is 6.81. The van der Waals surface area contributed by atoms with E-state index in [2.05, 4.69) is 23.3 Å². The third kappa shape index (κ3) is 2.50. The van der Waals surface area contributed by atoms with Crippen molar-refractivity contribution in [3.8, 4) is 0 Å². The van der Waals surface area contributed by atoms with Crippen LogP contribution in [0, 0.1) is 13.8 Å². The van der Waals surface area contributed by atoms with Crippen LogP contribution in [0.5, 0.6) is 0 Å². The first kappa shape index (κ1) is 12.5. The highest BCUT2D eigenvalue weighted by Crippen LogP contribution is 2.17. The van der Waals surface area contributed by atoms with E-state index >= 15 is 0 Å². The minimum atomic E-state index is -0.204. The number of aryl methyl sites for hydroxylation is 3. The molecule has 0 N–H and O–H groups in total. The van der Waals surface area contributed by atoms with Crippen molar-refractivity contribution in [2.75, 3.05) is 6.61 Å². The lowest BCUT2D eigenvalue weighted by atomic mass is 10.1. The van der Waals surface area contributed by atoms with Gasteiger partial charge in [0.15, 0.2) is 0 Å². The molecule has 0 aliphatic carbocycles. The van der Waals surface area contributed by atoms with Gasteiger partial charge in [-0.3, -0.25) is 4.79 Å². The Morgan fingerprint density at radius 3 is 2.78 bits per heavy atom. The number of carbonyl (C=O) groups excluding carboxylic acids is 1. The maximum atomic E-state index is 11.3. The summed E-state index contributed by atoms with van der Waals surface area (Å²) in [5.74, 6) is -0.204. The Kier molecular flexibility index (Phi) is 3.60. The standard InChI is InChI=1S/C13H17N3O2/c1-4-18-13(17)5-6-16-12-8-10(3)9(2)7-11(12)14-15-16/h7-8H,4-6H2,1-3H3. The summed E-state index contributed by atoms with van der Waals surface area (Å²) in [5, 5.41) is 8.17. The number of hydrogen-bond acceptors (Lipinski definition) is 4. The molecule has 1 aromatic heterocycles. The zero-order chi connectivity index (χ0) is 13.1. The topological polar surface area (TPSA) is 57.0 Å². The molecule has 2 aromatic rings. The number of benzene rings is 1. The molecule has 0 unspecified atom stereocenters. The molecule has 5 nitrogen and oxygen atoms in total. The van der Waals surface area contributed by atoms with Crippen LogP contribution in [-0.4, -0.2) is 27.6 Å². The van der Waals surface area contributed by atoms with Crippen molar-refractivity contribution in [1.29, 1.82) is 0 Å². The highest BCUT2D eigenvalue weighted by atomic mass is 16.5. The molecular formula is C13H17N3O2. The molecule has 0 aliphatic rings. The van der Waals surface area contributed by atoms with E-state index in [4.69, 9.17) is 4.74 Å². The molecule has 1 heterocycles. The number of ether oxygens (including phenoxy) is 1. The van der Waals surface area contributed by atoms with Crippen molar-refractivity contribution in [3.05, 3.63) is 23.3 Å². The third-order valence-electron chi connectivity index (χ3n) is 2.96. The second-order valence-corrected chi connectivity index (χ2v) is 4.29. The Morgan fingerprint density at radius 1 is 1.33 bits per heavy atom. The van der Waals surface area contributed by atoms with Crippen molar-refractivity contribution in [1.82, 2.24) is 15.0 Å². The summed E-state index contributed by atoms with van der Waals surface area (Å²) in [4.78, 5) is 11.3. The summed E-state index contributed by atoms with van der Waals surface area (Å²) in [5.41, 5.74) is 4.21. The van der Waals surface area contributed by atoms with Crippen LogP contribution in [0.1, 0.15) is 24.5 Å². The first-order chi connectivity index (χ1) is 8.61. The number of hydrogen-bond donors (Lipinski definition) is 0. The quantitative estimate of drug-likeness (QED) is 0.775. The fraction of sp³-hybridized carbons (Fsp3) is 0.462. The molecule has 1 aromatic carbocycles. The molecule has 0 atom stereocenters. The van der Waals surface area contributed by atoms with Crippen LogP contribution < -0.4 is 0 Å². The first-order valence-corrected chi connectivity index (χ1v) is 6.08. The van der Waals surface area contributed by atoms with Gasteiger partial charge in [0.1, 0.15) is 5.52 Å². The van der Waals surface area contributed by atoms with E-state index in [1.54, 1.807) is 11.6 Å². The summed E-state index contributed by atoms with van der Waals surface area (Å²) in [7, 11) is 0. The molecule has 5 heteroatoms. The highest BCUT2D eigenvalue weighted by Gasteiger charge is 2.08. The van der Waals surface area contributed by atoms with Gasteiger partial charge in [0.05, 0.1) is 25.1 Å². The van der Waals surface area contributed by atoms with Crippen LogP contribution in [0.2, 0.25) is 0 Å². The van der Waals surface area contributed by atoms with Crippen molar-refractivity contribution in [2.45, 2.75) is 33.7 Å². The van der Waals surface area contributed by atoms with E-state index in [0.29, 0.717) is 19.6 Å². The molecule has 0 aliphatic heterocycles. The van der Waals surface area contributed by atoms with E-state index in [0.717, 1.165) is 11.0 Å². The predicted octanol–water partition coefficient (Wildman–Crippen LogP) is 2.00. The highest BCUT2D eigenvalue weighted by molar-refractivity contribution is 5.76. The van der Waals surface area contributed by atoms with Gasteiger partial charge in [0.25, 0.3) is 0 Å². The van der Waals surface area contributed by atoms with Crippen LogP contribution in [0.3, 0.4) is 0 Å². The van der Waals surface area contributed by atoms with Crippen LogP contribution in [0.15, 0.2) is 12.1 Å². The average molecular weight is 247 g/mol. The van der Waals surface area contributed by atoms with Gasteiger partial charge in [0, 0.05) is 0 Å². The smallest absolute Gasteiger partial charge is 0.307 e. The molecular weight excluding hydrogens is 230 g/mol. The molecule has 2 rings (SSSR count). The molecule has 0 saturated heterocycles. The number of rotatable bonds is 4.